The van der Waals surface area contributed by atoms with E-state index in [2.05, 4.69) is 34.7 Å². The van der Waals surface area contributed by atoms with E-state index in [4.69, 9.17) is 15.2 Å². The predicted octanol–water partition coefficient (Wildman–Crippen LogP) is 3.51. The van der Waals surface area contributed by atoms with Crippen molar-refractivity contribution < 1.29 is 28.7 Å². The Labute approximate surface area is 326 Å². The molecule has 54 heavy (non-hydrogen) atoms. The molecule has 1 aromatic rings. The van der Waals surface area contributed by atoms with Gasteiger partial charge in [0.1, 0.15) is 6.04 Å². The summed E-state index contributed by atoms with van der Waals surface area (Å²) in [5.74, 6) is -2.06. The fraction of sp³-hybridized carbons (Fsp3) is 0.846. The third kappa shape index (κ3) is 12.5. The number of hydrogen-bond donors (Lipinski definition) is 3. The van der Waals surface area contributed by atoms with Crippen LogP contribution in [0.25, 0.3) is 0 Å². The van der Waals surface area contributed by atoms with E-state index in [0.29, 0.717) is 13.0 Å². The van der Waals surface area contributed by atoms with Gasteiger partial charge in [-0.05, 0) is 49.9 Å². The minimum Gasteiger partial charge on any atom is -0.379 e. The molecule has 2 rings (SSSR count). The van der Waals surface area contributed by atoms with Crippen molar-refractivity contribution in [2.24, 2.45) is 29.4 Å². The summed E-state index contributed by atoms with van der Waals surface area (Å²) >= 11 is 0. The zero-order chi connectivity index (χ0) is 40.7. The van der Waals surface area contributed by atoms with Crippen molar-refractivity contribution in [3.05, 3.63) is 11.4 Å². The molecule has 8 atom stereocenters. The van der Waals surface area contributed by atoms with E-state index in [1.165, 1.54) is 13.5 Å². The van der Waals surface area contributed by atoms with Crippen molar-refractivity contribution in [2.75, 3.05) is 27.8 Å². The van der Waals surface area contributed by atoms with Crippen molar-refractivity contribution in [3.8, 4) is 0 Å². The third-order valence-electron chi connectivity index (χ3n) is 11.3. The fourth-order valence-corrected chi connectivity index (χ4v) is 7.72. The second kappa shape index (κ2) is 23.1. The van der Waals surface area contributed by atoms with E-state index in [0.717, 1.165) is 56.3 Å². The number of aromatic nitrogens is 3. The number of hydrogen-bond acceptors (Lipinski definition) is 9. The molecule has 0 aromatic carbocycles. The second-order valence-corrected chi connectivity index (χ2v) is 15.8. The van der Waals surface area contributed by atoms with Gasteiger partial charge in [0.2, 0.25) is 23.6 Å². The van der Waals surface area contributed by atoms with Gasteiger partial charge >= 0.3 is 7.55 Å². The van der Waals surface area contributed by atoms with Crippen LogP contribution in [0, 0.1) is 23.7 Å². The Bertz CT molecular complexity index is 1330. The summed E-state index contributed by atoms with van der Waals surface area (Å²) in [6.45, 7) is 18.3. The number of carbonyl (C=O) groups excluding carboxylic acids is 4. The number of rotatable bonds is 25. The van der Waals surface area contributed by atoms with Crippen LogP contribution >= 0.6 is 0 Å². The number of nitrogens with two attached hydrogens (primary N) is 1. The molecule has 4 amide bonds. The normalized spacial score (nSPS) is 18.6. The maximum Gasteiger partial charge on any atom is 0.377 e. The highest BCUT2D eigenvalue weighted by Gasteiger charge is 2.42. The molecule has 0 saturated carbocycles. The number of nitrogens with one attached hydrogen (secondary N) is 2. The van der Waals surface area contributed by atoms with Gasteiger partial charge in [0, 0.05) is 33.5 Å². The summed E-state index contributed by atoms with van der Waals surface area (Å²) in [6.07, 6.45) is 7.27. The van der Waals surface area contributed by atoms with E-state index in [-0.39, 0.29) is 47.9 Å². The van der Waals surface area contributed by atoms with Crippen LogP contribution in [0.15, 0.2) is 0 Å². The van der Waals surface area contributed by atoms with E-state index >= 15 is 0 Å². The van der Waals surface area contributed by atoms with Gasteiger partial charge in [0.15, 0.2) is 0 Å². The number of carbonyl (C=O) groups is 4. The van der Waals surface area contributed by atoms with E-state index in [9.17, 15) is 19.2 Å². The fourth-order valence-electron chi connectivity index (χ4n) is 7.72. The number of likely N-dealkylation sites (N-methyl/N-ethyl adjacent to an activating group) is 1. The Kier molecular flexibility index (Phi) is 20.2. The Morgan fingerprint density at radius 1 is 0.981 bits per heavy atom. The number of ether oxygens (including phenoxy) is 2. The van der Waals surface area contributed by atoms with Crippen molar-refractivity contribution in [1.29, 1.82) is 0 Å². The van der Waals surface area contributed by atoms with Gasteiger partial charge in [-0.3, -0.25) is 23.8 Å². The first-order valence-electron chi connectivity index (χ1n) is 20.3. The van der Waals surface area contributed by atoms with Gasteiger partial charge in [-0.25, -0.2) is 0 Å². The van der Waals surface area contributed by atoms with Crippen LogP contribution in [-0.2, 0) is 41.5 Å². The lowest BCUT2D eigenvalue weighted by atomic mass is 9.89. The molecule has 1 aromatic heterocycles. The highest BCUT2D eigenvalue weighted by molar-refractivity contribution is 6.30. The van der Waals surface area contributed by atoms with Crippen LogP contribution in [-0.4, -0.2) is 120 Å². The van der Waals surface area contributed by atoms with Gasteiger partial charge in [0.25, 0.3) is 0 Å². The minimum absolute atomic E-state index is 0.0252. The molecule has 1 radical (unpaired) electrons. The maximum absolute atomic E-state index is 14.4. The molecular weight excluding hydrogens is 687 g/mol. The van der Waals surface area contributed by atoms with Crippen molar-refractivity contribution >= 4 is 31.2 Å². The number of primary amides is 1. The maximum atomic E-state index is 14.4. The first-order chi connectivity index (χ1) is 25.6. The molecule has 1 unspecified atom stereocenters. The summed E-state index contributed by atoms with van der Waals surface area (Å²) in [7, 11) is 6.55. The summed E-state index contributed by atoms with van der Waals surface area (Å²) in [4.78, 5) is 57.8. The Morgan fingerprint density at radius 2 is 1.65 bits per heavy atom. The van der Waals surface area contributed by atoms with Crippen LogP contribution in [0.4, 0.5) is 0 Å². The zero-order valence-corrected chi connectivity index (χ0v) is 35.4. The smallest absolute Gasteiger partial charge is 0.377 e. The van der Waals surface area contributed by atoms with Crippen LogP contribution in [0.1, 0.15) is 125 Å². The molecule has 307 valence electrons. The van der Waals surface area contributed by atoms with Gasteiger partial charge in [-0.15, -0.1) is 5.10 Å². The average Bonchev–Trinajstić information content (AvgIpc) is 3.78. The Morgan fingerprint density at radius 3 is 2.19 bits per heavy atom. The minimum atomic E-state index is -0.821. The highest BCUT2D eigenvalue weighted by Crippen LogP contribution is 2.29. The molecule has 0 aliphatic carbocycles. The molecule has 1 aliphatic rings. The van der Waals surface area contributed by atoms with Gasteiger partial charge in [-0.1, -0.05) is 93.2 Å². The van der Waals surface area contributed by atoms with E-state index in [1.807, 2.05) is 41.5 Å². The molecule has 1 aliphatic heterocycles. The number of aryl methyl sites for hydroxylation is 1. The first-order valence-corrected chi connectivity index (χ1v) is 20.3. The molecular formula is C39H72BN8O6. The number of amides is 4. The third-order valence-corrected chi connectivity index (χ3v) is 11.3. The summed E-state index contributed by atoms with van der Waals surface area (Å²) in [6, 6.07) is -2.21. The Balaban J connectivity index is 2.26. The molecule has 1 fully saturated rings. The van der Waals surface area contributed by atoms with Crippen molar-refractivity contribution in [3.63, 3.8) is 0 Å². The van der Waals surface area contributed by atoms with Gasteiger partial charge in [-0.2, -0.15) is 0 Å². The lowest BCUT2D eigenvalue weighted by Crippen LogP contribution is -2.60. The molecule has 1 saturated heterocycles. The average molecular weight is 760 g/mol. The lowest BCUT2D eigenvalue weighted by Gasteiger charge is -2.41. The van der Waals surface area contributed by atoms with Crippen molar-refractivity contribution in [2.45, 2.75) is 163 Å². The number of methoxy groups -OCH3 is 2. The molecule has 14 nitrogen and oxygen atoms in total. The van der Waals surface area contributed by atoms with Crippen molar-refractivity contribution in [1.82, 2.24) is 35.2 Å². The Hall–Kier alpha value is -3.04. The largest absolute Gasteiger partial charge is 0.379 e. The standard InChI is InChI=1S/C39H72BN8O6/c1-13-16-17-18-20-29-28(15-3)44-45-48(29)40-43-33(24(4)5)38(51)42-34(25(6)7)39(52)46(10)35(26(8)14-2)31(53-11)23-32(49)47-22-19-21-30(47)36(54-12)27(9)37(41)50/h24-27,30-31,33-36,43H,13-23H2,1-12H3,(H2,41,50)(H,42,51)/t26-,27+,30-,31+,33?,34-,35-,36+/m0/s1. The van der Waals surface area contributed by atoms with Crippen LogP contribution in [0.2, 0.25) is 0 Å². The highest BCUT2D eigenvalue weighted by atomic mass is 16.5. The first kappa shape index (κ1) is 47.1. The van der Waals surface area contributed by atoms with Crippen LogP contribution in [0.5, 0.6) is 0 Å². The quantitative estimate of drug-likeness (QED) is 0.0997. The van der Waals surface area contributed by atoms with E-state index < -0.39 is 42.2 Å². The van der Waals surface area contributed by atoms with Crippen LogP contribution in [0.3, 0.4) is 0 Å². The second-order valence-electron chi connectivity index (χ2n) is 15.8. The molecule has 0 spiro atoms. The van der Waals surface area contributed by atoms with Crippen LogP contribution < -0.4 is 16.3 Å². The monoisotopic (exact) mass is 760 g/mol. The predicted molar refractivity (Wildman–Crippen MR) is 212 cm³/mol. The van der Waals surface area contributed by atoms with Gasteiger partial charge < -0.3 is 35.6 Å². The molecule has 15 heteroatoms. The van der Waals surface area contributed by atoms with E-state index in [1.54, 1.807) is 43.0 Å². The SMILES string of the molecule is CCCCCCc1c(CC)nnn1[B]NC(C(=O)N[C@H](C(=O)N(C)[C@@H]([C@@H](C)CC)[C@@H](CC(=O)N1CCC[C@H]1[C@H](OC)[C@@H](C)C(N)=O)OC)C(C)C)C(C)C. The summed E-state index contributed by atoms with van der Waals surface area (Å²) < 4.78 is 13.4. The molecule has 2 heterocycles. The summed E-state index contributed by atoms with van der Waals surface area (Å²) in [5, 5.41) is 15.1. The zero-order valence-electron chi connectivity index (χ0n) is 35.4. The molecule has 4 N–H and O–H groups in total. The number of likely N-dealkylation sites (tertiary alicyclic amines) is 1. The number of unbranched alkanes of at least 4 members (excludes halogenated alkanes) is 3. The topological polar surface area (TPSA) is 174 Å². The van der Waals surface area contributed by atoms with Gasteiger partial charge in [0.05, 0.1) is 48.4 Å². The summed E-state index contributed by atoms with van der Waals surface area (Å²) in [5.41, 5.74) is 7.61. The number of nitrogens with zero attached hydrogens (tertiary/aromatic N) is 5. The molecule has 0 bridgehead atoms. The lowest BCUT2D eigenvalue weighted by molar-refractivity contribution is -0.147.